The van der Waals surface area contributed by atoms with Gasteiger partial charge in [0.1, 0.15) is 16.9 Å². The lowest BCUT2D eigenvalue weighted by atomic mass is 9.97. The highest BCUT2D eigenvalue weighted by atomic mass is 19.1. The van der Waals surface area contributed by atoms with Crippen molar-refractivity contribution in [3.05, 3.63) is 84.6 Å². The first-order valence-corrected chi connectivity index (χ1v) is 10.3. The smallest absolute Gasteiger partial charge is 0.233 e. The Labute approximate surface area is 188 Å². The molecule has 1 fully saturated rings. The predicted octanol–water partition coefficient (Wildman–Crippen LogP) is 3.67. The van der Waals surface area contributed by atoms with Crippen LogP contribution in [0.25, 0.3) is 22.0 Å². The number of primary amides is 2. The number of nitrogens with zero attached hydrogens (tertiary/aromatic N) is 2. The highest BCUT2D eigenvalue weighted by Gasteiger charge is 2.64. The topological polar surface area (TPSA) is 121 Å². The molecule has 4 aromatic rings. The predicted molar refractivity (Wildman–Crippen MR) is 120 cm³/mol. The van der Waals surface area contributed by atoms with E-state index in [1.165, 1.54) is 12.3 Å². The molecule has 0 aliphatic heterocycles. The molecule has 7 nitrogen and oxygen atoms in total. The number of pyridine rings is 2. The van der Waals surface area contributed by atoms with Gasteiger partial charge >= 0.3 is 0 Å². The first-order chi connectivity index (χ1) is 15.9. The SMILES string of the molecule is NC(=O)C1(C(N)=O)CC1c1ccc(Oc2ccnc3cc(-c4ccc(F)nc4)ccc23)cc1. The lowest BCUT2D eigenvalue weighted by molar-refractivity contribution is -0.133. The lowest BCUT2D eigenvalue weighted by Crippen LogP contribution is -2.38. The molecular formula is C25H19FN4O3. The number of carbonyl (C=O) groups is 2. The summed E-state index contributed by atoms with van der Waals surface area (Å²) in [6.45, 7) is 0. The minimum absolute atomic E-state index is 0.317. The van der Waals surface area contributed by atoms with Crippen LogP contribution in [0.15, 0.2) is 73.1 Å². The average molecular weight is 442 g/mol. The summed E-state index contributed by atoms with van der Waals surface area (Å²) in [4.78, 5) is 31.6. The number of halogens is 1. The maximum atomic E-state index is 13.1. The van der Waals surface area contributed by atoms with Gasteiger partial charge in [0.15, 0.2) is 0 Å². The first-order valence-electron chi connectivity index (χ1n) is 10.3. The summed E-state index contributed by atoms with van der Waals surface area (Å²) in [7, 11) is 0. The second-order valence-corrected chi connectivity index (χ2v) is 8.04. The van der Waals surface area contributed by atoms with Crippen molar-refractivity contribution in [2.75, 3.05) is 0 Å². The van der Waals surface area contributed by atoms with Gasteiger partial charge in [0.05, 0.1) is 5.52 Å². The van der Waals surface area contributed by atoms with Crippen LogP contribution in [-0.2, 0) is 9.59 Å². The second-order valence-electron chi connectivity index (χ2n) is 8.04. The molecule has 5 rings (SSSR count). The van der Waals surface area contributed by atoms with Crippen LogP contribution in [0.3, 0.4) is 0 Å². The Balaban J connectivity index is 1.39. The summed E-state index contributed by atoms with van der Waals surface area (Å²) in [5, 5.41) is 0.809. The minimum atomic E-state index is -1.30. The van der Waals surface area contributed by atoms with Crippen LogP contribution in [0.4, 0.5) is 4.39 Å². The zero-order valence-electron chi connectivity index (χ0n) is 17.4. The molecule has 0 bridgehead atoms. The summed E-state index contributed by atoms with van der Waals surface area (Å²) < 4.78 is 19.2. The van der Waals surface area contributed by atoms with Gasteiger partial charge in [0, 0.05) is 29.3 Å². The molecule has 0 saturated heterocycles. The normalized spacial score (nSPS) is 16.3. The number of benzene rings is 2. The fraction of sp³-hybridized carbons (Fsp3) is 0.120. The number of hydrogen-bond donors (Lipinski definition) is 2. The highest BCUT2D eigenvalue weighted by Crippen LogP contribution is 2.59. The number of nitrogens with two attached hydrogens (primary N) is 2. The molecule has 2 aromatic carbocycles. The minimum Gasteiger partial charge on any atom is -0.457 e. The molecule has 2 amide bonds. The second kappa shape index (κ2) is 7.67. The summed E-state index contributed by atoms with van der Waals surface area (Å²) in [6, 6.07) is 17.6. The van der Waals surface area contributed by atoms with Crippen molar-refractivity contribution in [2.24, 2.45) is 16.9 Å². The molecule has 1 unspecified atom stereocenters. The van der Waals surface area contributed by atoms with Crippen molar-refractivity contribution >= 4 is 22.7 Å². The zero-order valence-corrected chi connectivity index (χ0v) is 17.4. The quantitative estimate of drug-likeness (QED) is 0.349. The van der Waals surface area contributed by atoms with Gasteiger partial charge in [-0.25, -0.2) is 4.98 Å². The van der Waals surface area contributed by atoms with Gasteiger partial charge < -0.3 is 16.2 Å². The molecule has 1 saturated carbocycles. The summed E-state index contributed by atoms with van der Waals surface area (Å²) in [6.07, 6.45) is 3.44. The van der Waals surface area contributed by atoms with Crippen molar-refractivity contribution in [1.82, 2.24) is 9.97 Å². The summed E-state index contributed by atoms with van der Waals surface area (Å²) in [5.74, 6) is -1.04. The van der Waals surface area contributed by atoms with Crippen molar-refractivity contribution in [3.8, 4) is 22.6 Å². The van der Waals surface area contributed by atoms with E-state index in [0.717, 1.165) is 27.6 Å². The average Bonchev–Trinajstić information content (AvgIpc) is 3.58. The number of carbonyl (C=O) groups excluding carboxylic acids is 2. The number of rotatable bonds is 6. The molecule has 1 atom stereocenters. The van der Waals surface area contributed by atoms with E-state index in [-0.39, 0.29) is 5.92 Å². The van der Waals surface area contributed by atoms with E-state index < -0.39 is 23.2 Å². The Kier molecular flexibility index (Phi) is 4.78. The standard InChI is InChI=1S/C25H19FN4O3/c26-22-8-4-16(13-30-22)15-3-7-18-20(11-15)29-10-9-21(18)33-17-5-1-14(2-6-17)19-12-25(19,23(27)31)24(28)32/h1-11,13,19H,12H2,(H2,27,31)(H2,28,32). The van der Waals surface area contributed by atoms with E-state index >= 15 is 0 Å². The van der Waals surface area contributed by atoms with Crippen LogP contribution in [0, 0.1) is 11.4 Å². The van der Waals surface area contributed by atoms with Crippen molar-refractivity contribution < 1.29 is 18.7 Å². The third-order valence-electron chi connectivity index (χ3n) is 6.11. The molecule has 8 heteroatoms. The van der Waals surface area contributed by atoms with Gasteiger partial charge in [0.25, 0.3) is 0 Å². The number of ether oxygens (including phenoxy) is 1. The Hall–Kier alpha value is -4.33. The number of hydrogen-bond acceptors (Lipinski definition) is 5. The van der Waals surface area contributed by atoms with Crippen LogP contribution in [0.5, 0.6) is 11.5 Å². The van der Waals surface area contributed by atoms with Gasteiger partial charge in [-0.2, -0.15) is 4.39 Å². The van der Waals surface area contributed by atoms with Gasteiger partial charge in [-0.3, -0.25) is 14.6 Å². The molecule has 164 valence electrons. The highest BCUT2D eigenvalue weighted by molar-refractivity contribution is 6.08. The largest absolute Gasteiger partial charge is 0.457 e. The van der Waals surface area contributed by atoms with Crippen LogP contribution < -0.4 is 16.2 Å². The van der Waals surface area contributed by atoms with E-state index in [9.17, 15) is 14.0 Å². The van der Waals surface area contributed by atoms with Crippen LogP contribution in [-0.4, -0.2) is 21.8 Å². The molecule has 0 radical (unpaired) electrons. The van der Waals surface area contributed by atoms with E-state index in [0.29, 0.717) is 17.9 Å². The fourth-order valence-electron chi connectivity index (χ4n) is 4.16. The Morgan fingerprint density at radius 1 is 0.939 bits per heavy atom. The fourth-order valence-corrected chi connectivity index (χ4v) is 4.16. The molecule has 33 heavy (non-hydrogen) atoms. The molecular weight excluding hydrogens is 423 g/mol. The summed E-state index contributed by atoms with van der Waals surface area (Å²) >= 11 is 0. The third-order valence-corrected chi connectivity index (χ3v) is 6.11. The molecule has 1 aliphatic carbocycles. The molecule has 1 aliphatic rings. The molecule has 2 aromatic heterocycles. The van der Waals surface area contributed by atoms with Crippen molar-refractivity contribution in [1.29, 1.82) is 0 Å². The Morgan fingerprint density at radius 2 is 1.67 bits per heavy atom. The van der Waals surface area contributed by atoms with Gasteiger partial charge in [-0.05, 0) is 60.0 Å². The maximum absolute atomic E-state index is 13.1. The van der Waals surface area contributed by atoms with Crippen LogP contribution in [0.1, 0.15) is 17.9 Å². The Bertz CT molecular complexity index is 1370. The van der Waals surface area contributed by atoms with E-state index in [1.54, 1.807) is 42.6 Å². The van der Waals surface area contributed by atoms with E-state index in [2.05, 4.69) is 9.97 Å². The van der Waals surface area contributed by atoms with E-state index in [4.69, 9.17) is 16.2 Å². The van der Waals surface area contributed by atoms with Gasteiger partial charge in [-0.15, -0.1) is 0 Å². The van der Waals surface area contributed by atoms with E-state index in [1.807, 2.05) is 18.2 Å². The maximum Gasteiger partial charge on any atom is 0.233 e. The monoisotopic (exact) mass is 442 g/mol. The lowest BCUT2D eigenvalue weighted by Gasteiger charge is -2.11. The third kappa shape index (κ3) is 3.55. The summed E-state index contributed by atoms with van der Waals surface area (Å²) in [5.41, 5.74) is 12.7. The molecule has 2 heterocycles. The van der Waals surface area contributed by atoms with Gasteiger partial charge in [-0.1, -0.05) is 18.2 Å². The van der Waals surface area contributed by atoms with Crippen LogP contribution in [0.2, 0.25) is 0 Å². The van der Waals surface area contributed by atoms with Crippen molar-refractivity contribution in [2.45, 2.75) is 12.3 Å². The number of fused-ring (bicyclic) bond motifs is 1. The van der Waals surface area contributed by atoms with Crippen molar-refractivity contribution in [3.63, 3.8) is 0 Å². The first kappa shape index (κ1) is 20.6. The number of aromatic nitrogens is 2. The Morgan fingerprint density at radius 3 is 2.30 bits per heavy atom. The molecule has 0 spiro atoms. The molecule has 4 N–H and O–H groups in total. The zero-order chi connectivity index (χ0) is 23.2. The van der Waals surface area contributed by atoms with Gasteiger partial charge in [0.2, 0.25) is 17.8 Å². The van der Waals surface area contributed by atoms with Crippen LogP contribution >= 0.6 is 0 Å². The number of amides is 2.